The Bertz CT molecular complexity index is 561. The van der Waals surface area contributed by atoms with Crippen LogP contribution in [0.2, 0.25) is 0 Å². The summed E-state index contributed by atoms with van der Waals surface area (Å²) in [5.74, 6) is -1.09. The van der Waals surface area contributed by atoms with Gasteiger partial charge in [-0.05, 0) is 48.7 Å². The molecule has 1 N–H and O–H groups in total. The second kappa shape index (κ2) is 6.62. The lowest BCUT2D eigenvalue weighted by molar-refractivity contribution is 0.557. The summed E-state index contributed by atoms with van der Waals surface area (Å²) in [5, 5.41) is 3.36. The molecule has 20 heavy (non-hydrogen) atoms. The zero-order chi connectivity index (χ0) is 14.5. The molecule has 0 aromatic heterocycles. The topological polar surface area (TPSA) is 12.0 Å². The van der Waals surface area contributed by atoms with E-state index in [9.17, 15) is 8.78 Å². The quantitative estimate of drug-likeness (QED) is 0.854. The van der Waals surface area contributed by atoms with E-state index in [1.54, 1.807) is 0 Å². The van der Waals surface area contributed by atoms with Crippen molar-refractivity contribution in [2.75, 3.05) is 6.54 Å². The van der Waals surface area contributed by atoms with Crippen LogP contribution in [-0.4, -0.2) is 6.54 Å². The normalized spacial score (nSPS) is 12.4. The monoisotopic (exact) mass is 275 g/mol. The third-order valence-corrected chi connectivity index (χ3v) is 3.32. The highest BCUT2D eigenvalue weighted by atomic mass is 19.1. The SMILES string of the molecule is CCCNC(c1cc(F)cc(F)c1)c1ccccc1C. The number of hydrogen-bond acceptors (Lipinski definition) is 1. The van der Waals surface area contributed by atoms with E-state index in [0.29, 0.717) is 5.56 Å². The Kier molecular flexibility index (Phi) is 4.85. The lowest BCUT2D eigenvalue weighted by Gasteiger charge is -2.21. The molecule has 0 saturated heterocycles. The molecule has 0 saturated carbocycles. The van der Waals surface area contributed by atoms with Gasteiger partial charge < -0.3 is 5.32 Å². The molecule has 0 fully saturated rings. The van der Waals surface area contributed by atoms with Crippen molar-refractivity contribution in [2.45, 2.75) is 26.3 Å². The first kappa shape index (κ1) is 14.7. The van der Waals surface area contributed by atoms with E-state index >= 15 is 0 Å². The van der Waals surface area contributed by atoms with E-state index < -0.39 is 11.6 Å². The summed E-state index contributed by atoms with van der Waals surface area (Å²) in [6.45, 7) is 4.86. The maximum absolute atomic E-state index is 13.5. The van der Waals surface area contributed by atoms with Gasteiger partial charge in [0.05, 0.1) is 6.04 Å². The van der Waals surface area contributed by atoms with Gasteiger partial charge in [0, 0.05) is 6.07 Å². The first-order valence-corrected chi connectivity index (χ1v) is 6.86. The third kappa shape index (κ3) is 3.42. The minimum Gasteiger partial charge on any atom is -0.306 e. The van der Waals surface area contributed by atoms with E-state index in [2.05, 4.69) is 12.2 Å². The summed E-state index contributed by atoms with van der Waals surface area (Å²) in [4.78, 5) is 0. The molecule has 1 atom stereocenters. The Morgan fingerprint density at radius 2 is 1.70 bits per heavy atom. The third-order valence-electron chi connectivity index (χ3n) is 3.32. The Hall–Kier alpha value is -1.74. The maximum atomic E-state index is 13.5. The molecule has 0 aliphatic carbocycles. The standard InChI is InChI=1S/C17H19F2N/c1-3-8-20-17(16-7-5-4-6-12(16)2)13-9-14(18)11-15(19)10-13/h4-7,9-11,17,20H,3,8H2,1-2H3. The molecule has 0 heterocycles. The van der Waals surface area contributed by atoms with Crippen molar-refractivity contribution in [2.24, 2.45) is 0 Å². The average molecular weight is 275 g/mol. The highest BCUT2D eigenvalue weighted by Crippen LogP contribution is 2.26. The summed E-state index contributed by atoms with van der Waals surface area (Å²) in [7, 11) is 0. The Labute approximate surface area is 118 Å². The van der Waals surface area contributed by atoms with E-state index in [-0.39, 0.29) is 6.04 Å². The van der Waals surface area contributed by atoms with E-state index in [0.717, 1.165) is 30.2 Å². The number of benzene rings is 2. The van der Waals surface area contributed by atoms with Crippen molar-refractivity contribution < 1.29 is 8.78 Å². The van der Waals surface area contributed by atoms with Gasteiger partial charge in [0.2, 0.25) is 0 Å². The van der Waals surface area contributed by atoms with Gasteiger partial charge in [0.15, 0.2) is 0 Å². The lowest BCUT2D eigenvalue weighted by atomic mass is 9.94. The summed E-state index contributed by atoms with van der Waals surface area (Å²) in [5.41, 5.74) is 2.77. The van der Waals surface area contributed by atoms with Crippen LogP contribution in [0.25, 0.3) is 0 Å². The molecule has 0 radical (unpaired) electrons. The molecule has 3 heteroatoms. The van der Waals surface area contributed by atoms with Crippen LogP contribution in [0.4, 0.5) is 8.78 Å². The number of nitrogens with one attached hydrogen (secondary N) is 1. The molecule has 1 nitrogen and oxygen atoms in total. The molecular weight excluding hydrogens is 256 g/mol. The van der Waals surface area contributed by atoms with Gasteiger partial charge >= 0.3 is 0 Å². The molecule has 0 amide bonds. The van der Waals surface area contributed by atoms with Gasteiger partial charge in [0.1, 0.15) is 11.6 Å². The molecule has 2 rings (SSSR count). The largest absolute Gasteiger partial charge is 0.306 e. The summed E-state index contributed by atoms with van der Waals surface area (Å²) in [6, 6.07) is 11.4. The van der Waals surface area contributed by atoms with Crippen LogP contribution >= 0.6 is 0 Å². The summed E-state index contributed by atoms with van der Waals surface area (Å²) >= 11 is 0. The van der Waals surface area contributed by atoms with Crippen LogP contribution in [0.15, 0.2) is 42.5 Å². The van der Waals surface area contributed by atoms with Gasteiger partial charge in [-0.25, -0.2) is 8.78 Å². The van der Waals surface area contributed by atoms with Crippen molar-refractivity contribution in [1.82, 2.24) is 5.32 Å². The minimum absolute atomic E-state index is 0.193. The van der Waals surface area contributed by atoms with E-state index in [4.69, 9.17) is 0 Å². The van der Waals surface area contributed by atoms with Crippen LogP contribution in [0, 0.1) is 18.6 Å². The molecular formula is C17H19F2N. The number of aryl methyl sites for hydroxylation is 1. The fourth-order valence-corrected chi connectivity index (χ4v) is 2.35. The second-order valence-electron chi connectivity index (χ2n) is 4.95. The highest BCUT2D eigenvalue weighted by molar-refractivity contribution is 5.37. The molecule has 0 spiro atoms. The zero-order valence-corrected chi connectivity index (χ0v) is 11.8. The van der Waals surface area contributed by atoms with Crippen LogP contribution in [0.5, 0.6) is 0 Å². The van der Waals surface area contributed by atoms with E-state index in [1.165, 1.54) is 12.1 Å². The fraction of sp³-hybridized carbons (Fsp3) is 0.294. The van der Waals surface area contributed by atoms with E-state index in [1.807, 2.05) is 31.2 Å². The Morgan fingerprint density at radius 1 is 1.05 bits per heavy atom. The van der Waals surface area contributed by atoms with Gasteiger partial charge in [-0.2, -0.15) is 0 Å². The highest BCUT2D eigenvalue weighted by Gasteiger charge is 2.16. The lowest BCUT2D eigenvalue weighted by Crippen LogP contribution is -2.24. The Morgan fingerprint density at radius 3 is 2.30 bits per heavy atom. The van der Waals surface area contributed by atoms with Crippen molar-refractivity contribution in [3.8, 4) is 0 Å². The van der Waals surface area contributed by atoms with Crippen molar-refractivity contribution in [1.29, 1.82) is 0 Å². The van der Waals surface area contributed by atoms with Crippen molar-refractivity contribution in [3.63, 3.8) is 0 Å². The first-order chi connectivity index (χ1) is 9.61. The number of rotatable bonds is 5. The molecule has 0 aliphatic heterocycles. The minimum atomic E-state index is -0.545. The van der Waals surface area contributed by atoms with Gasteiger partial charge in [0.25, 0.3) is 0 Å². The molecule has 0 aliphatic rings. The smallest absolute Gasteiger partial charge is 0.126 e. The average Bonchev–Trinajstić information content (AvgIpc) is 2.40. The molecule has 106 valence electrons. The number of hydrogen-bond donors (Lipinski definition) is 1. The maximum Gasteiger partial charge on any atom is 0.126 e. The molecule has 2 aromatic carbocycles. The summed E-state index contributed by atoms with van der Waals surface area (Å²) < 4.78 is 26.9. The predicted molar refractivity (Wildman–Crippen MR) is 77.7 cm³/mol. The molecule has 2 aromatic rings. The van der Waals surface area contributed by atoms with Gasteiger partial charge in [-0.1, -0.05) is 31.2 Å². The zero-order valence-electron chi connectivity index (χ0n) is 11.8. The predicted octanol–water partition coefficient (Wildman–Crippen LogP) is 4.36. The van der Waals surface area contributed by atoms with Crippen LogP contribution < -0.4 is 5.32 Å². The van der Waals surface area contributed by atoms with Gasteiger partial charge in [-0.15, -0.1) is 0 Å². The van der Waals surface area contributed by atoms with Crippen LogP contribution in [0.3, 0.4) is 0 Å². The van der Waals surface area contributed by atoms with Crippen molar-refractivity contribution >= 4 is 0 Å². The second-order valence-corrected chi connectivity index (χ2v) is 4.95. The van der Waals surface area contributed by atoms with Gasteiger partial charge in [-0.3, -0.25) is 0 Å². The molecule has 0 bridgehead atoms. The number of halogens is 2. The Balaban J connectivity index is 2.44. The van der Waals surface area contributed by atoms with Crippen molar-refractivity contribution in [3.05, 3.63) is 70.8 Å². The summed E-state index contributed by atoms with van der Waals surface area (Å²) in [6.07, 6.45) is 0.959. The van der Waals surface area contributed by atoms with Crippen LogP contribution in [-0.2, 0) is 0 Å². The first-order valence-electron chi connectivity index (χ1n) is 6.86. The molecule has 1 unspecified atom stereocenters. The van der Waals surface area contributed by atoms with Crippen LogP contribution in [0.1, 0.15) is 36.1 Å². The fourth-order valence-electron chi connectivity index (χ4n) is 2.35.